The summed E-state index contributed by atoms with van der Waals surface area (Å²) in [5, 5.41) is 2.84. The first-order valence-corrected chi connectivity index (χ1v) is 9.99. The third kappa shape index (κ3) is 4.91. The number of aromatic nitrogens is 1. The summed E-state index contributed by atoms with van der Waals surface area (Å²) in [6.07, 6.45) is 3.11. The van der Waals surface area contributed by atoms with Crippen LogP contribution in [0.1, 0.15) is 23.0 Å². The highest BCUT2D eigenvalue weighted by molar-refractivity contribution is 9.10. The molecule has 0 unspecified atom stereocenters. The topological polar surface area (TPSA) is 50.3 Å². The molecule has 0 spiro atoms. The van der Waals surface area contributed by atoms with E-state index in [0.29, 0.717) is 27.1 Å². The number of anilines is 2. The third-order valence-corrected chi connectivity index (χ3v) is 5.22. The normalized spacial score (nSPS) is 10.9. The van der Waals surface area contributed by atoms with Crippen LogP contribution < -0.4 is 4.90 Å². The summed E-state index contributed by atoms with van der Waals surface area (Å²) in [6.45, 7) is 1.47. The minimum atomic E-state index is -0.173. The lowest BCUT2D eigenvalue weighted by atomic mass is 10.1. The number of amides is 1. The highest BCUT2D eigenvalue weighted by Crippen LogP contribution is 2.30. The molecule has 4 nitrogen and oxygen atoms in total. The van der Waals surface area contributed by atoms with Crippen molar-refractivity contribution in [2.75, 3.05) is 4.90 Å². The van der Waals surface area contributed by atoms with E-state index in [1.807, 2.05) is 12.1 Å². The first kappa shape index (κ1) is 19.5. The Morgan fingerprint density at radius 1 is 1.19 bits per heavy atom. The first-order valence-electron chi connectivity index (χ1n) is 7.94. The van der Waals surface area contributed by atoms with Crippen molar-refractivity contribution in [2.45, 2.75) is 6.92 Å². The number of carbonyl (C=O) groups is 2. The van der Waals surface area contributed by atoms with Gasteiger partial charge < -0.3 is 0 Å². The zero-order valence-corrected chi connectivity index (χ0v) is 17.4. The van der Waals surface area contributed by atoms with Gasteiger partial charge in [-0.2, -0.15) is 0 Å². The van der Waals surface area contributed by atoms with Gasteiger partial charge in [-0.1, -0.05) is 33.6 Å². The summed E-state index contributed by atoms with van der Waals surface area (Å²) in [6, 6.07) is 14.2. The van der Waals surface area contributed by atoms with Crippen LogP contribution in [0.5, 0.6) is 0 Å². The summed E-state index contributed by atoms with van der Waals surface area (Å²) in [7, 11) is 0. The molecule has 7 heteroatoms. The maximum atomic E-state index is 12.2. The smallest absolute Gasteiger partial charge is 0.230 e. The Bertz CT molecular complexity index is 1010. The molecule has 0 N–H and O–H groups in total. The number of halogens is 2. The Balaban J connectivity index is 1.81. The van der Waals surface area contributed by atoms with E-state index in [1.165, 1.54) is 29.2 Å². The molecule has 0 fully saturated rings. The molecule has 0 bridgehead atoms. The van der Waals surface area contributed by atoms with Crippen LogP contribution in [0.15, 0.2) is 64.5 Å². The van der Waals surface area contributed by atoms with Gasteiger partial charge in [0.2, 0.25) is 5.91 Å². The zero-order valence-electron chi connectivity index (χ0n) is 14.2. The molecule has 3 rings (SSSR count). The lowest BCUT2D eigenvalue weighted by molar-refractivity contribution is -0.115. The van der Waals surface area contributed by atoms with Crippen molar-refractivity contribution in [1.82, 2.24) is 4.98 Å². The highest BCUT2D eigenvalue weighted by atomic mass is 79.9. The summed E-state index contributed by atoms with van der Waals surface area (Å²) < 4.78 is 0.914. The minimum absolute atomic E-state index is 0.115. The first-order chi connectivity index (χ1) is 12.9. The van der Waals surface area contributed by atoms with Crippen molar-refractivity contribution in [3.63, 3.8) is 0 Å². The van der Waals surface area contributed by atoms with E-state index in [4.69, 9.17) is 11.6 Å². The fraction of sp³-hybridized carbons (Fsp3) is 0.0500. The Morgan fingerprint density at radius 3 is 2.59 bits per heavy atom. The molecule has 0 saturated heterocycles. The van der Waals surface area contributed by atoms with Crippen molar-refractivity contribution in [1.29, 1.82) is 0 Å². The van der Waals surface area contributed by atoms with Gasteiger partial charge in [-0.3, -0.25) is 14.5 Å². The third-order valence-electron chi connectivity index (χ3n) is 3.62. The van der Waals surface area contributed by atoms with Gasteiger partial charge in [0, 0.05) is 27.4 Å². The van der Waals surface area contributed by atoms with Crippen LogP contribution in [0, 0.1) is 0 Å². The van der Waals surface area contributed by atoms with Crippen LogP contribution in [-0.2, 0) is 4.79 Å². The zero-order chi connectivity index (χ0) is 19.4. The van der Waals surface area contributed by atoms with Crippen molar-refractivity contribution >= 4 is 67.5 Å². The minimum Gasteiger partial charge on any atom is -0.289 e. The van der Waals surface area contributed by atoms with E-state index < -0.39 is 0 Å². The molecule has 27 heavy (non-hydrogen) atoms. The molecule has 0 saturated carbocycles. The van der Waals surface area contributed by atoms with Crippen LogP contribution in [0.25, 0.3) is 6.08 Å². The van der Waals surface area contributed by atoms with Crippen molar-refractivity contribution in [3.05, 3.63) is 80.7 Å². The van der Waals surface area contributed by atoms with Gasteiger partial charge in [0.1, 0.15) is 0 Å². The number of ketones is 1. The predicted octanol–water partition coefficient (Wildman–Crippen LogP) is 6.14. The molecule has 2 aromatic carbocycles. The monoisotopic (exact) mass is 460 g/mol. The van der Waals surface area contributed by atoms with E-state index >= 15 is 0 Å². The average Bonchev–Trinajstić information content (AvgIpc) is 3.08. The fourth-order valence-electron chi connectivity index (χ4n) is 2.37. The van der Waals surface area contributed by atoms with Crippen molar-refractivity contribution in [3.8, 4) is 0 Å². The molecule has 0 atom stereocenters. The standard InChI is InChI=1S/C20H14BrClN2O2S/c1-13(25)24(18-4-2-3-16(22)11-18)20-23-17(12-27-20)9-10-19(26)14-5-7-15(21)8-6-14/h2-12H,1H3. The van der Waals surface area contributed by atoms with Crippen LogP contribution >= 0.6 is 38.9 Å². The Morgan fingerprint density at radius 2 is 1.93 bits per heavy atom. The molecular formula is C20H14BrClN2O2S. The summed E-state index contributed by atoms with van der Waals surface area (Å²) in [5.74, 6) is -0.289. The number of benzene rings is 2. The van der Waals surface area contributed by atoms with Crippen molar-refractivity contribution < 1.29 is 9.59 Å². The molecule has 0 aliphatic carbocycles. The van der Waals surface area contributed by atoms with E-state index in [-0.39, 0.29) is 11.7 Å². The fourth-order valence-corrected chi connectivity index (χ4v) is 3.67. The van der Waals surface area contributed by atoms with Gasteiger partial charge in [-0.25, -0.2) is 4.98 Å². The van der Waals surface area contributed by atoms with E-state index in [2.05, 4.69) is 20.9 Å². The van der Waals surface area contributed by atoms with Gasteiger partial charge >= 0.3 is 0 Å². The largest absolute Gasteiger partial charge is 0.289 e. The number of allylic oxidation sites excluding steroid dienone is 1. The van der Waals surface area contributed by atoms with E-state index in [9.17, 15) is 9.59 Å². The van der Waals surface area contributed by atoms with Crippen LogP contribution in [-0.4, -0.2) is 16.7 Å². The second-order valence-electron chi connectivity index (χ2n) is 5.59. The van der Waals surface area contributed by atoms with Gasteiger partial charge in [-0.15, -0.1) is 11.3 Å². The Labute approximate surface area is 174 Å². The second-order valence-corrected chi connectivity index (χ2v) is 7.78. The van der Waals surface area contributed by atoms with Crippen LogP contribution in [0.3, 0.4) is 0 Å². The number of thiazole rings is 1. The Kier molecular flexibility index (Phi) is 6.21. The summed E-state index contributed by atoms with van der Waals surface area (Å²) in [4.78, 5) is 30.3. The molecule has 1 aromatic heterocycles. The lowest BCUT2D eigenvalue weighted by Crippen LogP contribution is -2.22. The van der Waals surface area contributed by atoms with Crippen LogP contribution in [0.4, 0.5) is 10.8 Å². The highest BCUT2D eigenvalue weighted by Gasteiger charge is 2.17. The molecule has 1 heterocycles. The quantitative estimate of drug-likeness (QED) is 0.339. The SMILES string of the molecule is CC(=O)N(c1cccc(Cl)c1)c1nc(C=CC(=O)c2ccc(Br)cc2)cs1. The summed E-state index contributed by atoms with van der Waals surface area (Å²) >= 11 is 10.7. The number of hydrogen-bond donors (Lipinski definition) is 0. The number of carbonyl (C=O) groups excluding carboxylic acids is 2. The van der Waals surface area contributed by atoms with Gasteiger partial charge in [-0.05, 0) is 54.6 Å². The maximum absolute atomic E-state index is 12.2. The molecule has 1 amide bonds. The second kappa shape index (κ2) is 8.61. The lowest BCUT2D eigenvalue weighted by Gasteiger charge is -2.18. The van der Waals surface area contributed by atoms with Gasteiger partial charge in [0.25, 0.3) is 0 Å². The number of rotatable bonds is 5. The Hall–Kier alpha value is -2.28. The molecule has 0 radical (unpaired) electrons. The molecule has 0 aliphatic rings. The molecule has 136 valence electrons. The molecule has 3 aromatic rings. The average molecular weight is 462 g/mol. The summed E-state index contributed by atoms with van der Waals surface area (Å²) in [5.41, 5.74) is 1.84. The predicted molar refractivity (Wildman–Crippen MR) is 114 cm³/mol. The van der Waals surface area contributed by atoms with Gasteiger partial charge in [0.15, 0.2) is 10.9 Å². The molecular weight excluding hydrogens is 448 g/mol. The van der Waals surface area contributed by atoms with Crippen LogP contribution in [0.2, 0.25) is 5.02 Å². The van der Waals surface area contributed by atoms with Crippen molar-refractivity contribution in [2.24, 2.45) is 0 Å². The van der Waals surface area contributed by atoms with E-state index in [0.717, 1.165) is 4.47 Å². The molecule has 0 aliphatic heterocycles. The van der Waals surface area contributed by atoms with Gasteiger partial charge in [0.05, 0.1) is 11.4 Å². The van der Waals surface area contributed by atoms with E-state index in [1.54, 1.807) is 47.9 Å². The number of hydrogen-bond acceptors (Lipinski definition) is 4. The number of nitrogens with zero attached hydrogens (tertiary/aromatic N) is 2. The maximum Gasteiger partial charge on any atom is 0.230 e.